The Hall–Kier alpha value is -1.34. The van der Waals surface area contributed by atoms with Gasteiger partial charge in [0, 0.05) is 23.4 Å². The second kappa shape index (κ2) is 6.28. The van der Waals surface area contributed by atoms with Gasteiger partial charge in [0.2, 0.25) is 5.91 Å². The second-order valence-corrected chi connectivity index (χ2v) is 8.64. The van der Waals surface area contributed by atoms with Crippen LogP contribution in [0.15, 0.2) is 22.7 Å². The lowest BCUT2D eigenvalue weighted by Crippen LogP contribution is -2.32. The van der Waals surface area contributed by atoms with E-state index in [9.17, 15) is 4.79 Å². The Labute approximate surface area is 143 Å². The van der Waals surface area contributed by atoms with Gasteiger partial charge in [-0.05, 0) is 44.1 Å². The van der Waals surface area contributed by atoms with Crippen molar-refractivity contribution in [2.45, 2.75) is 61.5 Å². The first-order valence-corrected chi connectivity index (χ1v) is 9.90. The van der Waals surface area contributed by atoms with Crippen molar-refractivity contribution >= 4 is 29.0 Å². The number of hydrogen-bond donors (Lipinski definition) is 1. The Morgan fingerprint density at radius 2 is 2.26 bits per heavy atom. The van der Waals surface area contributed by atoms with E-state index in [1.807, 2.05) is 6.92 Å². The zero-order valence-electron chi connectivity index (χ0n) is 13.1. The summed E-state index contributed by atoms with van der Waals surface area (Å²) in [5.41, 5.74) is 0. The van der Waals surface area contributed by atoms with Crippen LogP contribution in [-0.2, 0) is 11.2 Å². The molecule has 0 unspecified atom stereocenters. The monoisotopic (exact) mass is 348 g/mol. The molecule has 2 heterocycles. The molecule has 2 aliphatic rings. The predicted octanol–water partition coefficient (Wildman–Crippen LogP) is 3.02. The zero-order chi connectivity index (χ0) is 15.8. The van der Waals surface area contributed by atoms with Gasteiger partial charge in [-0.25, -0.2) is 0 Å². The summed E-state index contributed by atoms with van der Waals surface area (Å²) in [5, 5.41) is 14.7. The van der Waals surface area contributed by atoms with Crippen molar-refractivity contribution < 1.29 is 4.79 Å². The number of nitrogens with one attached hydrogen (secondary N) is 1. The molecular weight excluding hydrogens is 328 g/mol. The van der Waals surface area contributed by atoms with Crippen molar-refractivity contribution in [3.05, 3.63) is 28.2 Å². The van der Waals surface area contributed by atoms with Crippen LogP contribution in [0.5, 0.6) is 0 Å². The third-order valence-electron chi connectivity index (χ3n) is 4.13. The Morgan fingerprint density at radius 1 is 1.43 bits per heavy atom. The van der Waals surface area contributed by atoms with E-state index >= 15 is 0 Å². The van der Waals surface area contributed by atoms with Crippen molar-refractivity contribution in [1.82, 2.24) is 20.1 Å². The summed E-state index contributed by atoms with van der Waals surface area (Å²) in [4.78, 5) is 13.5. The quantitative estimate of drug-likeness (QED) is 0.782. The Bertz CT molecular complexity index is 689. The number of hydrogen-bond acceptors (Lipinski definition) is 5. The van der Waals surface area contributed by atoms with E-state index in [1.165, 1.54) is 29.5 Å². The summed E-state index contributed by atoms with van der Waals surface area (Å²) < 4.78 is 2.26. The molecule has 0 spiro atoms. The summed E-state index contributed by atoms with van der Waals surface area (Å²) in [7, 11) is 0. The maximum absolute atomic E-state index is 12.2. The van der Waals surface area contributed by atoms with Gasteiger partial charge in [0.1, 0.15) is 5.82 Å². The van der Waals surface area contributed by atoms with Crippen LogP contribution < -0.4 is 5.32 Å². The Balaban J connectivity index is 1.49. The molecule has 0 aliphatic heterocycles. The number of nitrogens with zero attached hydrogens (tertiary/aromatic N) is 3. The summed E-state index contributed by atoms with van der Waals surface area (Å²) >= 11 is 3.28. The van der Waals surface area contributed by atoms with E-state index in [2.05, 4.69) is 37.6 Å². The second-order valence-electron chi connectivity index (χ2n) is 6.30. The van der Waals surface area contributed by atoms with Gasteiger partial charge in [0.05, 0.1) is 5.25 Å². The fraction of sp³-hybridized carbons (Fsp3) is 0.562. The molecule has 2 aromatic rings. The molecule has 5 nitrogen and oxygen atoms in total. The van der Waals surface area contributed by atoms with Crippen LogP contribution in [0.4, 0.5) is 0 Å². The van der Waals surface area contributed by atoms with E-state index < -0.39 is 0 Å². The molecule has 23 heavy (non-hydrogen) atoms. The lowest BCUT2D eigenvalue weighted by Gasteiger charge is -2.13. The van der Waals surface area contributed by atoms with E-state index in [0.717, 1.165) is 30.2 Å². The first-order valence-electron chi connectivity index (χ1n) is 8.14. The molecule has 1 amide bonds. The van der Waals surface area contributed by atoms with Crippen LogP contribution in [0, 0.1) is 0 Å². The molecule has 0 bridgehead atoms. The molecule has 2 aromatic heterocycles. The van der Waals surface area contributed by atoms with Crippen LogP contribution >= 0.6 is 23.1 Å². The number of aromatic nitrogens is 3. The summed E-state index contributed by atoms with van der Waals surface area (Å²) in [6.07, 6.45) is 5.43. The fourth-order valence-electron chi connectivity index (χ4n) is 2.53. The molecule has 1 N–H and O–H groups in total. The standard InChI is InChI=1S/C16H20N4OS2/c1-10(15(21)17-11-4-5-11)23-16-19-18-14(20(16)12-6-7-12)9-13-3-2-8-22-13/h2-3,8,10-12H,4-7,9H2,1H3,(H,17,21)/t10-/m1/s1. The highest BCUT2D eigenvalue weighted by Crippen LogP contribution is 2.40. The van der Waals surface area contributed by atoms with Crippen molar-refractivity contribution in [3.8, 4) is 0 Å². The minimum Gasteiger partial charge on any atom is -0.352 e. The lowest BCUT2D eigenvalue weighted by atomic mass is 10.3. The van der Waals surface area contributed by atoms with Gasteiger partial charge in [0.25, 0.3) is 0 Å². The first kappa shape index (κ1) is 15.2. The van der Waals surface area contributed by atoms with Crippen molar-refractivity contribution in [2.24, 2.45) is 0 Å². The van der Waals surface area contributed by atoms with Gasteiger partial charge in [-0.1, -0.05) is 17.8 Å². The van der Waals surface area contributed by atoms with Crippen molar-refractivity contribution in [1.29, 1.82) is 0 Å². The number of thiophene rings is 1. The van der Waals surface area contributed by atoms with E-state index in [4.69, 9.17) is 0 Å². The van der Waals surface area contributed by atoms with Gasteiger partial charge in [-0.2, -0.15) is 0 Å². The Morgan fingerprint density at radius 3 is 2.91 bits per heavy atom. The zero-order valence-corrected chi connectivity index (χ0v) is 14.7. The molecule has 2 aliphatic carbocycles. The number of thioether (sulfide) groups is 1. The molecule has 2 saturated carbocycles. The van der Waals surface area contributed by atoms with Crippen LogP contribution in [0.25, 0.3) is 0 Å². The van der Waals surface area contributed by atoms with Crippen LogP contribution in [0.1, 0.15) is 49.4 Å². The first-order chi connectivity index (χ1) is 11.2. The maximum Gasteiger partial charge on any atom is 0.233 e. The van der Waals surface area contributed by atoms with Crippen molar-refractivity contribution in [3.63, 3.8) is 0 Å². The largest absolute Gasteiger partial charge is 0.352 e. The summed E-state index contributed by atoms with van der Waals surface area (Å²) in [6.45, 7) is 1.95. The minimum absolute atomic E-state index is 0.114. The van der Waals surface area contributed by atoms with Gasteiger partial charge in [-0.3, -0.25) is 4.79 Å². The van der Waals surface area contributed by atoms with E-state index in [1.54, 1.807) is 11.3 Å². The third-order valence-corrected chi connectivity index (χ3v) is 6.07. The molecule has 2 fully saturated rings. The topological polar surface area (TPSA) is 59.8 Å². The predicted molar refractivity (Wildman–Crippen MR) is 91.9 cm³/mol. The van der Waals surface area contributed by atoms with Gasteiger partial charge in [-0.15, -0.1) is 21.5 Å². The van der Waals surface area contributed by atoms with Gasteiger partial charge < -0.3 is 9.88 Å². The normalized spacial score (nSPS) is 18.8. The molecule has 0 aromatic carbocycles. The number of carbonyl (C=O) groups is 1. The minimum atomic E-state index is -0.133. The smallest absolute Gasteiger partial charge is 0.233 e. The van der Waals surface area contributed by atoms with Crippen LogP contribution in [0.3, 0.4) is 0 Å². The SMILES string of the molecule is C[C@@H](Sc1nnc(Cc2cccs2)n1C1CC1)C(=O)NC1CC1. The van der Waals surface area contributed by atoms with Crippen molar-refractivity contribution in [2.75, 3.05) is 0 Å². The third kappa shape index (κ3) is 3.61. The van der Waals surface area contributed by atoms with Crippen LogP contribution in [0.2, 0.25) is 0 Å². The molecular formula is C16H20N4OS2. The van der Waals surface area contributed by atoms with E-state index in [-0.39, 0.29) is 11.2 Å². The molecule has 1 atom stereocenters. The molecule has 0 saturated heterocycles. The molecule has 0 radical (unpaired) electrons. The molecule has 4 rings (SSSR count). The van der Waals surface area contributed by atoms with Gasteiger partial charge in [0.15, 0.2) is 5.16 Å². The highest BCUT2D eigenvalue weighted by molar-refractivity contribution is 8.00. The van der Waals surface area contributed by atoms with Gasteiger partial charge >= 0.3 is 0 Å². The molecule has 122 valence electrons. The Kier molecular flexibility index (Phi) is 4.15. The highest BCUT2D eigenvalue weighted by Gasteiger charge is 2.32. The number of rotatable bonds is 7. The van der Waals surface area contributed by atoms with Crippen LogP contribution in [-0.4, -0.2) is 32.0 Å². The molecule has 7 heteroatoms. The maximum atomic E-state index is 12.2. The average Bonchev–Trinajstić information content (AvgIpc) is 3.45. The lowest BCUT2D eigenvalue weighted by molar-refractivity contribution is -0.120. The summed E-state index contributed by atoms with van der Waals surface area (Å²) in [6, 6.07) is 5.12. The highest BCUT2D eigenvalue weighted by atomic mass is 32.2. The number of carbonyl (C=O) groups excluding carboxylic acids is 1. The average molecular weight is 348 g/mol. The summed E-state index contributed by atoms with van der Waals surface area (Å²) in [5.74, 6) is 1.13. The number of amides is 1. The fourth-order valence-corrected chi connectivity index (χ4v) is 4.18. The van der Waals surface area contributed by atoms with E-state index in [0.29, 0.717) is 12.1 Å².